The zero-order valence-electron chi connectivity index (χ0n) is 14.5. The summed E-state index contributed by atoms with van der Waals surface area (Å²) < 4.78 is 91.1. The molecule has 2 rings (SSSR count). The number of halogens is 7. The van der Waals surface area contributed by atoms with Crippen molar-refractivity contribution in [3.8, 4) is 0 Å². The van der Waals surface area contributed by atoms with Crippen LogP contribution in [0.1, 0.15) is 25.8 Å². The molecule has 154 valence electrons. The number of hydrogen-bond acceptors (Lipinski definition) is 3. The quantitative estimate of drug-likeness (QED) is 0.301. The van der Waals surface area contributed by atoms with Gasteiger partial charge in [-0.05, 0) is 31.2 Å². The summed E-state index contributed by atoms with van der Waals surface area (Å²) in [6, 6.07) is 5.46. The Hall–Kier alpha value is -2.04. The first-order valence-electron chi connectivity index (χ1n) is 7.76. The SMILES string of the molecule is CC1=CC(SC(F)(F)C(F)(F)C(F)(F)F)=CC(C)(c2ccccc2[N+](=O)[O-])C1. The van der Waals surface area contributed by atoms with Crippen molar-refractivity contribution in [1.82, 2.24) is 0 Å². The Balaban J connectivity index is 2.49. The minimum atomic E-state index is -6.43. The van der Waals surface area contributed by atoms with Gasteiger partial charge in [0, 0.05) is 21.9 Å². The maximum Gasteiger partial charge on any atom is 0.460 e. The number of alkyl halides is 7. The van der Waals surface area contributed by atoms with Crippen molar-refractivity contribution < 1.29 is 35.7 Å². The molecule has 0 heterocycles. The first-order valence-corrected chi connectivity index (χ1v) is 8.58. The molecule has 1 aromatic carbocycles. The van der Waals surface area contributed by atoms with E-state index < -0.39 is 44.4 Å². The normalized spacial score (nSPS) is 21.2. The van der Waals surface area contributed by atoms with Crippen LogP contribution in [0.3, 0.4) is 0 Å². The third-order valence-electron chi connectivity index (χ3n) is 4.18. The van der Waals surface area contributed by atoms with Crippen LogP contribution in [0.5, 0.6) is 0 Å². The van der Waals surface area contributed by atoms with E-state index in [0.29, 0.717) is 5.57 Å². The summed E-state index contributed by atoms with van der Waals surface area (Å²) in [7, 11) is 0. The van der Waals surface area contributed by atoms with Gasteiger partial charge in [0.15, 0.2) is 0 Å². The number of nitro benzene ring substituents is 1. The van der Waals surface area contributed by atoms with Crippen LogP contribution >= 0.6 is 11.8 Å². The fourth-order valence-electron chi connectivity index (χ4n) is 3.00. The number of allylic oxidation sites excluding steroid dienone is 3. The standard InChI is InChI=1S/C17H14F7NO2S/c1-10-7-11(28-17(23,24)15(18,19)16(20,21)22)9-14(2,8-10)12-5-3-4-6-13(12)25(26)27/h3-7,9H,8H2,1-2H3. The van der Waals surface area contributed by atoms with Gasteiger partial charge in [0.2, 0.25) is 0 Å². The van der Waals surface area contributed by atoms with Crippen LogP contribution in [-0.2, 0) is 5.41 Å². The lowest BCUT2D eigenvalue weighted by atomic mass is 9.74. The molecule has 0 spiro atoms. The molecule has 0 aromatic heterocycles. The average Bonchev–Trinajstić information content (AvgIpc) is 2.52. The molecule has 11 heteroatoms. The van der Waals surface area contributed by atoms with Crippen molar-refractivity contribution in [3.05, 3.63) is 62.6 Å². The molecule has 0 fully saturated rings. The van der Waals surface area contributed by atoms with Gasteiger partial charge in [-0.15, -0.1) is 0 Å². The van der Waals surface area contributed by atoms with E-state index in [9.17, 15) is 40.8 Å². The van der Waals surface area contributed by atoms with E-state index in [0.717, 1.165) is 12.2 Å². The van der Waals surface area contributed by atoms with Crippen LogP contribution < -0.4 is 0 Å². The van der Waals surface area contributed by atoms with Gasteiger partial charge in [-0.2, -0.15) is 30.7 Å². The van der Waals surface area contributed by atoms with Crippen molar-refractivity contribution in [3.63, 3.8) is 0 Å². The second-order valence-electron chi connectivity index (χ2n) is 6.60. The minimum Gasteiger partial charge on any atom is -0.258 e. The lowest BCUT2D eigenvalue weighted by Gasteiger charge is -2.33. The third kappa shape index (κ3) is 4.03. The zero-order valence-corrected chi connectivity index (χ0v) is 15.3. The topological polar surface area (TPSA) is 43.1 Å². The molecule has 1 aromatic rings. The summed E-state index contributed by atoms with van der Waals surface area (Å²) in [6.07, 6.45) is -4.16. The number of rotatable bonds is 5. The monoisotopic (exact) mass is 429 g/mol. The second-order valence-corrected chi connectivity index (χ2v) is 7.79. The van der Waals surface area contributed by atoms with Gasteiger partial charge in [0.05, 0.1) is 4.92 Å². The highest BCUT2D eigenvalue weighted by atomic mass is 32.2. The van der Waals surface area contributed by atoms with Gasteiger partial charge in [-0.3, -0.25) is 10.1 Å². The third-order valence-corrected chi connectivity index (χ3v) is 5.16. The summed E-state index contributed by atoms with van der Waals surface area (Å²) in [4.78, 5) is 10.1. The number of nitro groups is 1. The van der Waals surface area contributed by atoms with Gasteiger partial charge in [-0.1, -0.05) is 36.8 Å². The molecule has 1 aliphatic rings. The summed E-state index contributed by atoms with van der Waals surface area (Å²) in [5.74, 6) is -6.25. The van der Waals surface area contributed by atoms with Gasteiger partial charge in [-0.25, -0.2) is 0 Å². The van der Waals surface area contributed by atoms with Crippen LogP contribution in [0.15, 0.2) is 46.9 Å². The van der Waals surface area contributed by atoms with Crippen molar-refractivity contribution in [1.29, 1.82) is 0 Å². The highest BCUT2D eigenvalue weighted by Crippen LogP contribution is 2.55. The Labute approximate surface area is 159 Å². The first-order chi connectivity index (χ1) is 12.6. The Bertz CT molecular complexity index is 848. The number of para-hydroxylation sites is 1. The van der Waals surface area contributed by atoms with Crippen molar-refractivity contribution in [2.75, 3.05) is 0 Å². The smallest absolute Gasteiger partial charge is 0.258 e. The molecule has 1 unspecified atom stereocenters. The van der Waals surface area contributed by atoms with Crippen LogP contribution in [0.2, 0.25) is 0 Å². The Kier molecular flexibility index (Phi) is 5.63. The van der Waals surface area contributed by atoms with Crippen molar-refractivity contribution >= 4 is 17.4 Å². The number of nitrogens with zero attached hydrogens (tertiary/aromatic N) is 1. The Morgan fingerprint density at radius 2 is 1.68 bits per heavy atom. The lowest BCUT2D eigenvalue weighted by Crippen LogP contribution is -2.50. The maximum absolute atomic E-state index is 13.8. The van der Waals surface area contributed by atoms with E-state index in [1.165, 1.54) is 38.1 Å². The van der Waals surface area contributed by atoms with E-state index in [1.807, 2.05) is 0 Å². The molecule has 0 radical (unpaired) electrons. The Morgan fingerprint density at radius 3 is 2.21 bits per heavy atom. The molecular formula is C17H14F7NO2S. The van der Waals surface area contributed by atoms with Gasteiger partial charge in [0.1, 0.15) is 0 Å². The molecule has 0 saturated carbocycles. The molecule has 1 aliphatic carbocycles. The van der Waals surface area contributed by atoms with Gasteiger partial charge < -0.3 is 0 Å². The fourth-order valence-corrected chi connectivity index (χ4v) is 4.12. The van der Waals surface area contributed by atoms with Crippen molar-refractivity contribution in [2.45, 2.75) is 43.0 Å². The summed E-state index contributed by atoms with van der Waals surface area (Å²) >= 11 is -0.917. The van der Waals surface area contributed by atoms with Gasteiger partial charge >= 0.3 is 17.4 Å². The predicted molar refractivity (Wildman–Crippen MR) is 90.4 cm³/mol. The van der Waals surface area contributed by atoms with E-state index in [2.05, 4.69) is 0 Å². The molecule has 0 bridgehead atoms. The number of benzene rings is 1. The lowest BCUT2D eigenvalue weighted by molar-refractivity contribution is -0.385. The van der Waals surface area contributed by atoms with Crippen molar-refractivity contribution in [2.24, 2.45) is 0 Å². The van der Waals surface area contributed by atoms with E-state index in [-0.39, 0.29) is 17.7 Å². The largest absolute Gasteiger partial charge is 0.460 e. The zero-order chi connectivity index (χ0) is 21.5. The predicted octanol–water partition coefficient (Wildman–Crippen LogP) is 6.61. The molecule has 0 amide bonds. The summed E-state index contributed by atoms with van der Waals surface area (Å²) in [5, 5.41) is 5.80. The van der Waals surface area contributed by atoms with Gasteiger partial charge in [0.25, 0.3) is 5.69 Å². The minimum absolute atomic E-state index is 0.136. The highest BCUT2D eigenvalue weighted by molar-refractivity contribution is 8.04. The average molecular weight is 429 g/mol. The number of hydrogen-bond donors (Lipinski definition) is 0. The van der Waals surface area contributed by atoms with E-state index in [4.69, 9.17) is 0 Å². The van der Waals surface area contributed by atoms with Crippen LogP contribution in [-0.4, -0.2) is 22.3 Å². The fraction of sp³-hybridized carbons (Fsp3) is 0.412. The van der Waals surface area contributed by atoms with E-state index >= 15 is 0 Å². The first kappa shape index (κ1) is 22.3. The molecule has 1 atom stereocenters. The highest BCUT2D eigenvalue weighted by Gasteiger charge is 2.73. The summed E-state index contributed by atoms with van der Waals surface area (Å²) in [6.45, 7) is 2.94. The Morgan fingerprint density at radius 1 is 1.11 bits per heavy atom. The molecular weight excluding hydrogens is 415 g/mol. The van der Waals surface area contributed by atoms with Crippen LogP contribution in [0.25, 0.3) is 0 Å². The maximum atomic E-state index is 13.8. The van der Waals surface area contributed by atoms with E-state index in [1.54, 1.807) is 0 Å². The van der Waals surface area contributed by atoms with Crippen LogP contribution in [0.4, 0.5) is 36.4 Å². The molecule has 28 heavy (non-hydrogen) atoms. The van der Waals surface area contributed by atoms with Crippen LogP contribution in [0, 0.1) is 10.1 Å². The molecule has 3 nitrogen and oxygen atoms in total. The molecule has 0 aliphatic heterocycles. The summed E-state index contributed by atoms with van der Waals surface area (Å²) in [5.41, 5.74) is -1.02. The molecule has 0 N–H and O–H groups in total. The second kappa shape index (κ2) is 7.09. The number of thioether (sulfide) groups is 1. The molecule has 0 saturated heterocycles.